The molecule has 21 heavy (non-hydrogen) atoms. The number of benzene rings is 2. The lowest BCUT2D eigenvalue weighted by Gasteiger charge is -2.21. The van der Waals surface area contributed by atoms with Crippen LogP contribution < -0.4 is 10.1 Å². The van der Waals surface area contributed by atoms with Crippen LogP contribution in [0.25, 0.3) is 0 Å². The van der Waals surface area contributed by atoms with E-state index < -0.39 is 0 Å². The molecule has 0 amide bonds. The largest absolute Gasteiger partial charge is 0.494 e. The predicted octanol–water partition coefficient (Wildman–Crippen LogP) is 4.69. The first-order chi connectivity index (χ1) is 10.2. The third-order valence-corrected chi connectivity index (χ3v) is 3.80. The van der Waals surface area contributed by atoms with Gasteiger partial charge in [0, 0.05) is 10.0 Å². The van der Waals surface area contributed by atoms with E-state index in [1.54, 1.807) is 12.1 Å². The number of nitrogens with one attached hydrogen (secondary N) is 1. The zero-order chi connectivity index (χ0) is 15.2. The normalized spacial score (nSPS) is 12.2. The van der Waals surface area contributed by atoms with E-state index >= 15 is 0 Å². The number of halogens is 2. The summed E-state index contributed by atoms with van der Waals surface area (Å²) < 4.78 is 20.6. The van der Waals surface area contributed by atoms with Crippen molar-refractivity contribution < 1.29 is 9.13 Å². The summed E-state index contributed by atoms with van der Waals surface area (Å²) in [6.07, 6.45) is 0.982. The summed E-state index contributed by atoms with van der Waals surface area (Å²) in [6.45, 7) is 2.90. The van der Waals surface area contributed by atoms with Gasteiger partial charge in [-0.3, -0.25) is 0 Å². The maximum absolute atomic E-state index is 14.6. The van der Waals surface area contributed by atoms with E-state index in [0.29, 0.717) is 5.56 Å². The molecule has 0 saturated heterocycles. The van der Waals surface area contributed by atoms with Gasteiger partial charge in [0.2, 0.25) is 0 Å². The van der Waals surface area contributed by atoms with Crippen molar-refractivity contribution in [3.63, 3.8) is 0 Å². The minimum atomic E-state index is -0.312. The van der Waals surface area contributed by atoms with Gasteiger partial charge in [-0.25, -0.2) is 4.39 Å². The van der Waals surface area contributed by atoms with Gasteiger partial charge >= 0.3 is 0 Å². The average molecular weight is 352 g/mol. The highest BCUT2D eigenvalue weighted by Gasteiger charge is 2.19. The summed E-state index contributed by atoms with van der Waals surface area (Å²) in [6, 6.07) is 13.0. The molecule has 0 radical (unpaired) electrons. The van der Waals surface area contributed by atoms with Crippen LogP contribution in [0, 0.1) is 5.82 Å². The Morgan fingerprint density at radius 3 is 2.67 bits per heavy atom. The molecule has 0 spiro atoms. The van der Waals surface area contributed by atoms with E-state index in [1.165, 1.54) is 7.11 Å². The van der Waals surface area contributed by atoms with Gasteiger partial charge in [0.25, 0.3) is 0 Å². The maximum atomic E-state index is 14.6. The van der Waals surface area contributed by atoms with E-state index in [1.807, 2.05) is 30.3 Å². The van der Waals surface area contributed by atoms with E-state index in [0.717, 1.165) is 23.0 Å². The van der Waals surface area contributed by atoms with Crippen LogP contribution in [0.3, 0.4) is 0 Å². The van der Waals surface area contributed by atoms with Crippen molar-refractivity contribution in [2.45, 2.75) is 19.4 Å². The van der Waals surface area contributed by atoms with Crippen molar-refractivity contribution in [3.05, 3.63) is 63.9 Å². The molecule has 2 aromatic rings. The van der Waals surface area contributed by atoms with Gasteiger partial charge in [-0.1, -0.05) is 47.1 Å². The first-order valence-corrected chi connectivity index (χ1v) is 7.78. The number of hydrogen-bond acceptors (Lipinski definition) is 2. The van der Waals surface area contributed by atoms with Crippen molar-refractivity contribution >= 4 is 15.9 Å². The summed E-state index contributed by atoms with van der Waals surface area (Å²) in [5, 5.41) is 3.40. The molecule has 0 fully saturated rings. The zero-order valence-electron chi connectivity index (χ0n) is 12.2. The smallest absolute Gasteiger partial charge is 0.170 e. The van der Waals surface area contributed by atoms with E-state index in [4.69, 9.17) is 4.74 Å². The molecule has 1 unspecified atom stereocenters. The van der Waals surface area contributed by atoms with Crippen LogP contribution in [0.15, 0.2) is 46.9 Å². The standard InChI is InChI=1S/C17H19BrFNO/c1-3-10-20-17(12-6-4-7-13(18)11-12)14-8-5-9-15(21-2)16(14)19/h4-9,11,17,20H,3,10H2,1-2H3. The van der Waals surface area contributed by atoms with E-state index in [2.05, 4.69) is 28.2 Å². The molecule has 1 N–H and O–H groups in total. The first kappa shape index (κ1) is 16.0. The molecular formula is C17H19BrFNO. The Bertz CT molecular complexity index is 603. The summed E-state index contributed by atoms with van der Waals surface area (Å²) in [5.74, 6) is -0.0422. The van der Waals surface area contributed by atoms with Gasteiger partial charge in [0.1, 0.15) is 0 Å². The molecule has 0 aliphatic heterocycles. The van der Waals surface area contributed by atoms with Gasteiger partial charge in [0.15, 0.2) is 11.6 Å². The zero-order valence-corrected chi connectivity index (χ0v) is 13.8. The van der Waals surface area contributed by atoms with Gasteiger partial charge < -0.3 is 10.1 Å². The van der Waals surface area contributed by atoms with Crippen LogP contribution in [-0.2, 0) is 0 Å². The van der Waals surface area contributed by atoms with Gasteiger partial charge in [-0.2, -0.15) is 0 Å². The Kier molecular flexibility index (Phi) is 5.76. The molecule has 1 atom stereocenters. The van der Waals surface area contributed by atoms with Crippen LogP contribution in [0.5, 0.6) is 5.75 Å². The van der Waals surface area contributed by atoms with Crippen LogP contribution in [0.4, 0.5) is 4.39 Å². The fraction of sp³-hybridized carbons (Fsp3) is 0.294. The summed E-state index contributed by atoms with van der Waals surface area (Å²) in [7, 11) is 1.48. The molecule has 0 heterocycles. The molecule has 0 aliphatic carbocycles. The third kappa shape index (κ3) is 3.83. The van der Waals surface area contributed by atoms with Crippen LogP contribution in [0.2, 0.25) is 0 Å². The quantitative estimate of drug-likeness (QED) is 0.815. The molecule has 0 aliphatic rings. The van der Waals surface area contributed by atoms with Crippen LogP contribution in [0.1, 0.15) is 30.5 Å². The highest BCUT2D eigenvalue weighted by Crippen LogP contribution is 2.30. The fourth-order valence-electron chi connectivity index (χ4n) is 2.29. The fourth-order valence-corrected chi connectivity index (χ4v) is 2.71. The Balaban J connectivity index is 2.45. The summed E-state index contributed by atoms with van der Waals surface area (Å²) in [4.78, 5) is 0. The second-order valence-electron chi connectivity index (χ2n) is 4.81. The second kappa shape index (κ2) is 7.57. The number of methoxy groups -OCH3 is 1. The molecule has 2 aromatic carbocycles. The van der Waals surface area contributed by atoms with Gasteiger partial charge in [0.05, 0.1) is 13.2 Å². The Hall–Kier alpha value is -1.39. The van der Waals surface area contributed by atoms with Crippen molar-refractivity contribution in [1.82, 2.24) is 5.32 Å². The lowest BCUT2D eigenvalue weighted by Crippen LogP contribution is -2.24. The second-order valence-corrected chi connectivity index (χ2v) is 5.72. The average Bonchev–Trinajstić information content (AvgIpc) is 2.49. The molecule has 0 bridgehead atoms. The van der Waals surface area contributed by atoms with Crippen molar-refractivity contribution in [2.75, 3.05) is 13.7 Å². The highest BCUT2D eigenvalue weighted by atomic mass is 79.9. The van der Waals surface area contributed by atoms with Crippen molar-refractivity contribution in [2.24, 2.45) is 0 Å². The Morgan fingerprint density at radius 1 is 1.24 bits per heavy atom. The third-order valence-electron chi connectivity index (χ3n) is 3.30. The molecular weight excluding hydrogens is 333 g/mol. The molecule has 112 valence electrons. The van der Waals surface area contributed by atoms with Crippen LogP contribution in [-0.4, -0.2) is 13.7 Å². The van der Waals surface area contributed by atoms with Gasteiger partial charge in [-0.15, -0.1) is 0 Å². The Labute approximate surface area is 133 Å². The van der Waals surface area contributed by atoms with E-state index in [-0.39, 0.29) is 17.6 Å². The van der Waals surface area contributed by atoms with Crippen molar-refractivity contribution in [3.8, 4) is 5.75 Å². The monoisotopic (exact) mass is 351 g/mol. The minimum Gasteiger partial charge on any atom is -0.494 e. The van der Waals surface area contributed by atoms with Crippen LogP contribution >= 0.6 is 15.9 Å². The topological polar surface area (TPSA) is 21.3 Å². The minimum absolute atomic E-state index is 0.197. The van der Waals surface area contributed by atoms with Gasteiger partial charge in [-0.05, 0) is 36.7 Å². The maximum Gasteiger partial charge on any atom is 0.170 e. The van der Waals surface area contributed by atoms with E-state index in [9.17, 15) is 4.39 Å². The molecule has 0 aromatic heterocycles. The molecule has 0 saturated carbocycles. The van der Waals surface area contributed by atoms with Crippen molar-refractivity contribution in [1.29, 1.82) is 0 Å². The SMILES string of the molecule is CCCNC(c1cccc(Br)c1)c1cccc(OC)c1F. The summed E-state index contributed by atoms with van der Waals surface area (Å²) in [5.41, 5.74) is 1.62. The first-order valence-electron chi connectivity index (χ1n) is 6.98. The number of ether oxygens (including phenoxy) is 1. The highest BCUT2D eigenvalue weighted by molar-refractivity contribution is 9.10. The molecule has 4 heteroatoms. The summed E-state index contributed by atoms with van der Waals surface area (Å²) >= 11 is 3.47. The number of rotatable bonds is 6. The number of hydrogen-bond donors (Lipinski definition) is 1. The molecule has 2 nitrogen and oxygen atoms in total. The lowest BCUT2D eigenvalue weighted by molar-refractivity contribution is 0.381. The molecule has 2 rings (SSSR count). The Morgan fingerprint density at radius 2 is 2.00 bits per heavy atom. The predicted molar refractivity (Wildman–Crippen MR) is 87.2 cm³/mol. The lowest BCUT2D eigenvalue weighted by atomic mass is 9.97.